The predicted molar refractivity (Wildman–Crippen MR) is 68.1 cm³/mol. The van der Waals surface area contributed by atoms with Gasteiger partial charge in [0.2, 0.25) is 0 Å². The van der Waals surface area contributed by atoms with E-state index >= 15 is 0 Å². The quantitative estimate of drug-likeness (QED) is 0.488. The summed E-state index contributed by atoms with van der Waals surface area (Å²) in [5.41, 5.74) is 0. The summed E-state index contributed by atoms with van der Waals surface area (Å²) >= 11 is 0. The van der Waals surface area contributed by atoms with Crippen molar-refractivity contribution in [3.63, 3.8) is 0 Å². The van der Waals surface area contributed by atoms with Crippen LogP contribution in [0.5, 0.6) is 0 Å². The third-order valence-corrected chi connectivity index (χ3v) is 3.30. The minimum atomic E-state index is -0.532. The molecule has 1 saturated carbocycles. The van der Waals surface area contributed by atoms with Crippen molar-refractivity contribution in [3.05, 3.63) is 0 Å². The number of hydrogen-bond acceptors (Lipinski definition) is 5. The average molecular weight is 256 g/mol. The molecule has 0 aromatic heterocycles. The van der Waals surface area contributed by atoms with Gasteiger partial charge in [0, 0.05) is 19.7 Å². The molecule has 0 heterocycles. The third-order valence-electron chi connectivity index (χ3n) is 3.30. The van der Waals surface area contributed by atoms with E-state index in [1.165, 1.54) is 12.8 Å². The maximum absolute atomic E-state index is 9.89. The van der Waals surface area contributed by atoms with Crippen LogP contribution >= 0.6 is 0 Å². The van der Waals surface area contributed by atoms with Crippen LogP contribution in [-0.2, 0) is 9.47 Å². The summed E-state index contributed by atoms with van der Waals surface area (Å²) in [4.78, 5) is 2.08. The Hall–Kier alpha value is -0.670. The van der Waals surface area contributed by atoms with Crippen molar-refractivity contribution >= 4 is 0 Å². The molecule has 1 rings (SSSR count). The van der Waals surface area contributed by atoms with Gasteiger partial charge >= 0.3 is 0 Å². The summed E-state index contributed by atoms with van der Waals surface area (Å²) in [5, 5.41) is 18.7. The van der Waals surface area contributed by atoms with Crippen molar-refractivity contribution in [1.29, 1.82) is 5.26 Å². The summed E-state index contributed by atoms with van der Waals surface area (Å²) in [6.45, 7) is 2.25. The van der Waals surface area contributed by atoms with Gasteiger partial charge in [0.05, 0.1) is 38.5 Å². The summed E-state index contributed by atoms with van der Waals surface area (Å²) in [5.74, 6) is 0. The molecule has 1 fully saturated rings. The van der Waals surface area contributed by atoms with Crippen LogP contribution in [0.4, 0.5) is 0 Å². The van der Waals surface area contributed by atoms with E-state index in [0.717, 1.165) is 12.8 Å². The SMILES string of the molecule is COCCOCC(O)CN(CC#N)C1CCCC1. The van der Waals surface area contributed by atoms with E-state index in [0.29, 0.717) is 39.0 Å². The van der Waals surface area contributed by atoms with Crippen LogP contribution in [0.1, 0.15) is 25.7 Å². The van der Waals surface area contributed by atoms with Gasteiger partial charge in [0.15, 0.2) is 0 Å². The Morgan fingerprint density at radius 3 is 2.72 bits per heavy atom. The molecular weight excluding hydrogens is 232 g/mol. The second kappa shape index (κ2) is 9.29. The summed E-state index contributed by atoms with van der Waals surface area (Å²) in [6.07, 6.45) is 4.20. The number of hydrogen-bond donors (Lipinski definition) is 1. The number of nitrogens with zero attached hydrogens (tertiary/aromatic N) is 2. The van der Waals surface area contributed by atoms with Gasteiger partial charge in [-0.05, 0) is 12.8 Å². The van der Waals surface area contributed by atoms with E-state index in [-0.39, 0.29) is 0 Å². The fourth-order valence-corrected chi connectivity index (χ4v) is 2.39. The Balaban J connectivity index is 2.24. The fraction of sp³-hybridized carbons (Fsp3) is 0.923. The molecule has 0 saturated heterocycles. The minimum absolute atomic E-state index is 0.304. The molecule has 0 aliphatic heterocycles. The molecule has 5 heteroatoms. The van der Waals surface area contributed by atoms with Crippen LogP contribution in [0.15, 0.2) is 0 Å². The highest BCUT2D eigenvalue weighted by molar-refractivity contribution is 4.85. The Morgan fingerprint density at radius 2 is 2.11 bits per heavy atom. The van der Waals surface area contributed by atoms with Crippen molar-refractivity contribution in [2.45, 2.75) is 37.8 Å². The van der Waals surface area contributed by atoms with Gasteiger partial charge in [0.25, 0.3) is 0 Å². The van der Waals surface area contributed by atoms with Gasteiger partial charge in [-0.25, -0.2) is 0 Å². The molecule has 0 aromatic rings. The monoisotopic (exact) mass is 256 g/mol. The van der Waals surface area contributed by atoms with Crippen molar-refractivity contribution in [2.75, 3.05) is 40.0 Å². The van der Waals surface area contributed by atoms with Crippen molar-refractivity contribution in [2.24, 2.45) is 0 Å². The zero-order valence-corrected chi connectivity index (χ0v) is 11.2. The lowest BCUT2D eigenvalue weighted by molar-refractivity contribution is -0.00401. The number of aliphatic hydroxyl groups is 1. The van der Waals surface area contributed by atoms with Crippen molar-refractivity contribution in [3.8, 4) is 6.07 Å². The van der Waals surface area contributed by atoms with E-state index in [9.17, 15) is 5.11 Å². The van der Waals surface area contributed by atoms with Gasteiger partial charge in [-0.3, -0.25) is 4.90 Å². The molecule has 0 spiro atoms. The molecule has 104 valence electrons. The van der Waals surface area contributed by atoms with Crippen LogP contribution in [-0.4, -0.2) is 62.2 Å². The van der Waals surface area contributed by atoms with E-state index in [1.807, 2.05) is 0 Å². The highest BCUT2D eigenvalue weighted by atomic mass is 16.5. The largest absolute Gasteiger partial charge is 0.389 e. The van der Waals surface area contributed by atoms with E-state index in [2.05, 4.69) is 11.0 Å². The molecule has 0 amide bonds. The van der Waals surface area contributed by atoms with Gasteiger partial charge in [-0.15, -0.1) is 0 Å². The molecule has 1 aliphatic rings. The highest BCUT2D eigenvalue weighted by Gasteiger charge is 2.24. The van der Waals surface area contributed by atoms with Gasteiger partial charge < -0.3 is 14.6 Å². The van der Waals surface area contributed by atoms with Crippen LogP contribution in [0.25, 0.3) is 0 Å². The molecule has 1 aliphatic carbocycles. The summed E-state index contributed by atoms with van der Waals surface area (Å²) in [6, 6.07) is 2.64. The summed E-state index contributed by atoms with van der Waals surface area (Å²) < 4.78 is 10.2. The van der Waals surface area contributed by atoms with E-state index < -0.39 is 6.10 Å². The normalized spacial score (nSPS) is 18.1. The zero-order chi connectivity index (χ0) is 13.2. The first-order chi connectivity index (χ1) is 8.77. The maximum atomic E-state index is 9.89. The number of aliphatic hydroxyl groups excluding tert-OH is 1. The standard InChI is InChI=1S/C13H24N2O3/c1-17-8-9-18-11-13(16)10-15(7-6-14)12-4-2-3-5-12/h12-13,16H,2-5,7-11H2,1H3. The van der Waals surface area contributed by atoms with Crippen LogP contribution in [0, 0.1) is 11.3 Å². The fourth-order valence-electron chi connectivity index (χ4n) is 2.39. The lowest BCUT2D eigenvalue weighted by Gasteiger charge is -2.28. The number of ether oxygens (including phenoxy) is 2. The highest BCUT2D eigenvalue weighted by Crippen LogP contribution is 2.23. The third kappa shape index (κ3) is 5.78. The predicted octanol–water partition coefficient (Wildman–Crippen LogP) is 0.778. The number of rotatable bonds is 9. The molecule has 1 unspecified atom stereocenters. The minimum Gasteiger partial charge on any atom is -0.389 e. The molecule has 1 N–H and O–H groups in total. The van der Waals surface area contributed by atoms with E-state index in [4.69, 9.17) is 14.7 Å². The van der Waals surface area contributed by atoms with E-state index in [1.54, 1.807) is 7.11 Å². The molecular formula is C13H24N2O3. The topological polar surface area (TPSA) is 65.7 Å². The smallest absolute Gasteiger partial charge is 0.0900 e. The van der Waals surface area contributed by atoms with Crippen molar-refractivity contribution in [1.82, 2.24) is 4.90 Å². The number of methoxy groups -OCH3 is 1. The van der Waals surface area contributed by atoms with Gasteiger partial charge in [0.1, 0.15) is 0 Å². The van der Waals surface area contributed by atoms with Crippen LogP contribution in [0.2, 0.25) is 0 Å². The second-order valence-electron chi connectivity index (χ2n) is 4.75. The first-order valence-electron chi connectivity index (χ1n) is 6.63. The Kier molecular flexibility index (Phi) is 7.94. The first kappa shape index (κ1) is 15.4. The van der Waals surface area contributed by atoms with Gasteiger partial charge in [-0.1, -0.05) is 12.8 Å². The Morgan fingerprint density at radius 1 is 1.39 bits per heavy atom. The molecule has 5 nitrogen and oxygen atoms in total. The first-order valence-corrected chi connectivity index (χ1v) is 6.63. The Labute approximate surface area is 109 Å². The molecule has 0 bridgehead atoms. The number of nitriles is 1. The lowest BCUT2D eigenvalue weighted by atomic mass is 10.2. The Bertz CT molecular complexity index is 249. The van der Waals surface area contributed by atoms with Crippen molar-refractivity contribution < 1.29 is 14.6 Å². The lowest BCUT2D eigenvalue weighted by Crippen LogP contribution is -2.41. The maximum Gasteiger partial charge on any atom is 0.0900 e. The summed E-state index contributed by atoms with van der Waals surface area (Å²) in [7, 11) is 1.62. The van der Waals surface area contributed by atoms with Crippen LogP contribution in [0.3, 0.4) is 0 Å². The second-order valence-corrected chi connectivity index (χ2v) is 4.75. The zero-order valence-electron chi connectivity index (χ0n) is 11.2. The average Bonchev–Trinajstić information content (AvgIpc) is 2.88. The molecule has 0 radical (unpaired) electrons. The van der Waals surface area contributed by atoms with Gasteiger partial charge in [-0.2, -0.15) is 5.26 Å². The molecule has 0 aromatic carbocycles. The van der Waals surface area contributed by atoms with Crippen LogP contribution < -0.4 is 0 Å². The molecule has 18 heavy (non-hydrogen) atoms. The molecule has 1 atom stereocenters.